The van der Waals surface area contributed by atoms with Gasteiger partial charge in [0.05, 0.1) is 7.11 Å². The third kappa shape index (κ3) is 4.80. The average Bonchev–Trinajstić information content (AvgIpc) is 3.13. The molecule has 1 aliphatic heterocycles. The predicted octanol–water partition coefficient (Wildman–Crippen LogP) is 5.51. The highest BCUT2D eigenvalue weighted by molar-refractivity contribution is 5.44. The van der Waals surface area contributed by atoms with Crippen molar-refractivity contribution in [1.29, 1.82) is 0 Å². The summed E-state index contributed by atoms with van der Waals surface area (Å²) in [6, 6.07) is 27.4. The molecule has 0 unspecified atom stereocenters. The number of ether oxygens (including phenoxy) is 2. The number of rotatable bonds is 7. The molecular formula is C26H29NO2. The maximum atomic E-state index is 6.13. The molecule has 1 heterocycles. The first-order valence-corrected chi connectivity index (χ1v) is 10.3. The summed E-state index contributed by atoms with van der Waals surface area (Å²) in [7, 11) is 1.70. The molecule has 150 valence electrons. The van der Waals surface area contributed by atoms with Crippen LogP contribution in [0.2, 0.25) is 0 Å². The smallest absolute Gasteiger partial charge is 0.161 e. The molecule has 0 aliphatic carbocycles. The van der Waals surface area contributed by atoms with E-state index in [2.05, 4.69) is 66.4 Å². The van der Waals surface area contributed by atoms with Gasteiger partial charge in [-0.1, -0.05) is 73.7 Å². The summed E-state index contributed by atoms with van der Waals surface area (Å²) < 4.78 is 11.7. The Kier molecular flexibility index (Phi) is 6.16. The van der Waals surface area contributed by atoms with Gasteiger partial charge in [-0.15, -0.1) is 0 Å². The number of hydrogen-bond acceptors (Lipinski definition) is 3. The highest BCUT2D eigenvalue weighted by atomic mass is 16.5. The number of benzene rings is 3. The minimum Gasteiger partial charge on any atom is -0.493 e. The van der Waals surface area contributed by atoms with Crippen LogP contribution in [-0.2, 0) is 13.2 Å². The van der Waals surface area contributed by atoms with Crippen molar-refractivity contribution >= 4 is 0 Å². The van der Waals surface area contributed by atoms with E-state index in [0.29, 0.717) is 18.4 Å². The lowest BCUT2D eigenvalue weighted by Crippen LogP contribution is -2.20. The second kappa shape index (κ2) is 9.15. The molecule has 0 spiro atoms. The molecule has 0 bridgehead atoms. The first-order chi connectivity index (χ1) is 14.2. The average molecular weight is 388 g/mol. The van der Waals surface area contributed by atoms with Crippen LogP contribution in [0.4, 0.5) is 0 Å². The van der Waals surface area contributed by atoms with Crippen molar-refractivity contribution in [2.45, 2.75) is 26.0 Å². The number of likely N-dealkylation sites (tertiary alicyclic amines) is 1. The van der Waals surface area contributed by atoms with Crippen LogP contribution in [0, 0.1) is 5.92 Å². The predicted molar refractivity (Wildman–Crippen MR) is 117 cm³/mol. The molecule has 2 atom stereocenters. The van der Waals surface area contributed by atoms with Gasteiger partial charge in [0.15, 0.2) is 11.5 Å². The summed E-state index contributed by atoms with van der Waals surface area (Å²) in [6.45, 7) is 6.09. The van der Waals surface area contributed by atoms with E-state index >= 15 is 0 Å². The third-order valence-corrected chi connectivity index (χ3v) is 5.79. The van der Waals surface area contributed by atoms with Gasteiger partial charge < -0.3 is 9.47 Å². The van der Waals surface area contributed by atoms with E-state index in [-0.39, 0.29) is 0 Å². The second-order valence-corrected chi connectivity index (χ2v) is 7.95. The Morgan fingerprint density at radius 2 is 1.52 bits per heavy atom. The fraction of sp³-hybridized carbons (Fsp3) is 0.308. The Morgan fingerprint density at radius 1 is 0.828 bits per heavy atom. The molecule has 3 heteroatoms. The highest BCUT2D eigenvalue weighted by Gasteiger charge is 2.31. The van der Waals surface area contributed by atoms with Gasteiger partial charge in [-0.05, 0) is 34.7 Å². The summed E-state index contributed by atoms with van der Waals surface area (Å²) in [5.74, 6) is 2.72. The molecule has 0 saturated carbocycles. The molecule has 1 saturated heterocycles. The van der Waals surface area contributed by atoms with E-state index in [9.17, 15) is 0 Å². The fourth-order valence-corrected chi connectivity index (χ4v) is 4.24. The number of nitrogens with zero attached hydrogens (tertiary/aromatic N) is 1. The third-order valence-electron chi connectivity index (χ3n) is 5.79. The van der Waals surface area contributed by atoms with Crippen LogP contribution < -0.4 is 9.47 Å². The van der Waals surface area contributed by atoms with Gasteiger partial charge in [0.1, 0.15) is 6.61 Å². The zero-order valence-electron chi connectivity index (χ0n) is 17.3. The SMILES string of the molecule is COc1ccc([C@H]2CN(Cc3ccccc3)C[C@H]2C)cc1OCc1ccccc1. The molecule has 1 aliphatic rings. The molecule has 3 aromatic rings. The van der Waals surface area contributed by atoms with Crippen LogP contribution in [-0.4, -0.2) is 25.1 Å². The molecule has 3 nitrogen and oxygen atoms in total. The number of methoxy groups -OCH3 is 1. The minimum absolute atomic E-state index is 0.503. The van der Waals surface area contributed by atoms with E-state index in [4.69, 9.17) is 9.47 Å². The molecule has 29 heavy (non-hydrogen) atoms. The van der Waals surface area contributed by atoms with Gasteiger partial charge >= 0.3 is 0 Å². The Morgan fingerprint density at radius 3 is 2.21 bits per heavy atom. The van der Waals surface area contributed by atoms with E-state index < -0.39 is 0 Å². The lowest BCUT2D eigenvalue weighted by molar-refractivity contribution is 0.283. The van der Waals surface area contributed by atoms with Crippen LogP contribution >= 0.6 is 0 Å². The lowest BCUT2D eigenvalue weighted by atomic mass is 9.90. The number of hydrogen-bond donors (Lipinski definition) is 0. The second-order valence-electron chi connectivity index (χ2n) is 7.95. The van der Waals surface area contributed by atoms with Crippen LogP contribution in [0.1, 0.15) is 29.5 Å². The molecule has 0 aromatic heterocycles. The monoisotopic (exact) mass is 387 g/mol. The standard InChI is InChI=1S/C26H29NO2/c1-20-16-27(17-21-9-5-3-6-10-21)18-24(20)23-13-14-25(28-2)26(15-23)29-19-22-11-7-4-8-12-22/h3-15,20,24H,16-19H2,1-2H3/t20-,24+/m1/s1. The first-order valence-electron chi connectivity index (χ1n) is 10.3. The zero-order valence-corrected chi connectivity index (χ0v) is 17.3. The van der Waals surface area contributed by atoms with Crippen molar-refractivity contribution in [3.05, 3.63) is 95.6 Å². The summed E-state index contributed by atoms with van der Waals surface area (Å²) in [5.41, 5.74) is 3.86. The lowest BCUT2D eigenvalue weighted by Gasteiger charge is -2.18. The van der Waals surface area contributed by atoms with Crippen LogP contribution in [0.5, 0.6) is 11.5 Å². The molecule has 3 aromatic carbocycles. The summed E-state index contributed by atoms with van der Waals surface area (Å²) in [5, 5.41) is 0. The van der Waals surface area contributed by atoms with Gasteiger partial charge in [0.25, 0.3) is 0 Å². The topological polar surface area (TPSA) is 21.7 Å². The van der Waals surface area contributed by atoms with Crippen molar-refractivity contribution in [1.82, 2.24) is 4.90 Å². The molecule has 0 amide bonds. The largest absolute Gasteiger partial charge is 0.493 e. The van der Waals surface area contributed by atoms with Crippen molar-refractivity contribution in [2.75, 3.05) is 20.2 Å². The van der Waals surface area contributed by atoms with Crippen LogP contribution in [0.25, 0.3) is 0 Å². The van der Waals surface area contributed by atoms with E-state index in [1.165, 1.54) is 11.1 Å². The van der Waals surface area contributed by atoms with Crippen molar-refractivity contribution in [3.63, 3.8) is 0 Å². The van der Waals surface area contributed by atoms with Crippen LogP contribution in [0.3, 0.4) is 0 Å². The molecular weight excluding hydrogens is 358 g/mol. The normalized spacial score (nSPS) is 19.2. The molecule has 1 fully saturated rings. The van der Waals surface area contributed by atoms with E-state index in [1.807, 2.05) is 24.3 Å². The quantitative estimate of drug-likeness (QED) is 0.534. The van der Waals surface area contributed by atoms with Crippen molar-refractivity contribution in [2.24, 2.45) is 5.92 Å². The Labute approximate surface area is 173 Å². The summed E-state index contributed by atoms with van der Waals surface area (Å²) in [6.07, 6.45) is 0. The maximum absolute atomic E-state index is 6.13. The molecule has 0 N–H and O–H groups in total. The van der Waals surface area contributed by atoms with Gasteiger partial charge in [0.2, 0.25) is 0 Å². The molecule has 4 rings (SSSR count). The highest BCUT2D eigenvalue weighted by Crippen LogP contribution is 2.38. The first kappa shape index (κ1) is 19.5. The van der Waals surface area contributed by atoms with Crippen molar-refractivity contribution < 1.29 is 9.47 Å². The van der Waals surface area contributed by atoms with Gasteiger partial charge in [-0.2, -0.15) is 0 Å². The Bertz CT molecular complexity index is 911. The summed E-state index contributed by atoms with van der Waals surface area (Å²) >= 11 is 0. The fourth-order valence-electron chi connectivity index (χ4n) is 4.24. The maximum Gasteiger partial charge on any atom is 0.161 e. The van der Waals surface area contributed by atoms with Gasteiger partial charge in [-0.3, -0.25) is 4.90 Å². The summed E-state index contributed by atoms with van der Waals surface area (Å²) in [4.78, 5) is 2.55. The van der Waals surface area contributed by atoms with E-state index in [0.717, 1.165) is 36.7 Å². The Balaban J connectivity index is 1.47. The molecule has 0 radical (unpaired) electrons. The van der Waals surface area contributed by atoms with Gasteiger partial charge in [0, 0.05) is 25.6 Å². The minimum atomic E-state index is 0.503. The zero-order chi connectivity index (χ0) is 20.1. The Hall–Kier alpha value is -2.78. The van der Waals surface area contributed by atoms with E-state index in [1.54, 1.807) is 7.11 Å². The van der Waals surface area contributed by atoms with Crippen LogP contribution in [0.15, 0.2) is 78.9 Å². The van der Waals surface area contributed by atoms with Gasteiger partial charge in [-0.25, -0.2) is 0 Å². The van der Waals surface area contributed by atoms with Crippen molar-refractivity contribution in [3.8, 4) is 11.5 Å².